The van der Waals surface area contributed by atoms with Gasteiger partial charge in [0.25, 0.3) is 5.91 Å². The van der Waals surface area contributed by atoms with Crippen LogP contribution < -0.4 is 10.2 Å². The summed E-state index contributed by atoms with van der Waals surface area (Å²) in [4.78, 5) is 59.8. The molecule has 4 heterocycles. The highest BCUT2D eigenvalue weighted by molar-refractivity contribution is 6.06. The average molecular weight is 664 g/mol. The van der Waals surface area contributed by atoms with Gasteiger partial charge in [0.15, 0.2) is 0 Å². The van der Waals surface area contributed by atoms with Crippen LogP contribution in [0.1, 0.15) is 43.7 Å². The van der Waals surface area contributed by atoms with E-state index in [9.17, 15) is 19.5 Å². The van der Waals surface area contributed by atoms with E-state index in [4.69, 9.17) is 9.47 Å². The second-order valence-electron chi connectivity index (χ2n) is 13.2. The number of hydrogen-bond acceptors (Lipinski definition) is 7. The number of aliphatic hydroxyl groups excluding tert-OH is 1. The molecule has 10 nitrogen and oxygen atoms in total. The fourth-order valence-electron chi connectivity index (χ4n) is 7.80. The van der Waals surface area contributed by atoms with Crippen molar-refractivity contribution in [2.24, 2.45) is 11.8 Å². The van der Waals surface area contributed by atoms with Gasteiger partial charge in [0, 0.05) is 31.8 Å². The van der Waals surface area contributed by atoms with Crippen LogP contribution in [0.25, 0.3) is 10.8 Å². The molecule has 0 aliphatic carbocycles. The van der Waals surface area contributed by atoms with Gasteiger partial charge in [0.2, 0.25) is 11.8 Å². The summed E-state index contributed by atoms with van der Waals surface area (Å²) in [5.74, 6) is -3.21. The van der Waals surface area contributed by atoms with Crippen LogP contribution in [-0.4, -0.2) is 77.7 Å². The summed E-state index contributed by atoms with van der Waals surface area (Å²) in [6, 6.07) is 21.3. The largest absolute Gasteiger partial charge is 0.463 e. The Balaban J connectivity index is 1.30. The molecule has 10 heteroatoms. The first-order valence-electron chi connectivity index (χ1n) is 17.2. The lowest BCUT2D eigenvalue weighted by atomic mass is 9.74. The van der Waals surface area contributed by atoms with Gasteiger partial charge in [-0.25, -0.2) is 0 Å². The molecule has 254 valence electrons. The highest BCUT2D eigenvalue weighted by Crippen LogP contribution is 2.55. The molecule has 3 amide bonds. The summed E-state index contributed by atoms with van der Waals surface area (Å²) >= 11 is 0. The summed E-state index contributed by atoms with van der Waals surface area (Å²) in [6.07, 6.45) is 9.03. The van der Waals surface area contributed by atoms with Gasteiger partial charge in [-0.1, -0.05) is 85.0 Å². The summed E-state index contributed by atoms with van der Waals surface area (Å²) in [5, 5.41) is 14.5. The molecule has 0 aromatic heterocycles. The lowest BCUT2D eigenvalue weighted by molar-refractivity contribution is -0.145. The number of carbonyl (C=O) groups is 4. The number of allylic oxidation sites excluding steroid dienone is 1. The van der Waals surface area contributed by atoms with Crippen molar-refractivity contribution in [3.05, 3.63) is 103 Å². The minimum absolute atomic E-state index is 0.0403. The Morgan fingerprint density at radius 3 is 2.49 bits per heavy atom. The number of anilines is 1. The minimum Gasteiger partial charge on any atom is -0.463 e. The molecule has 2 N–H and O–H groups in total. The van der Waals surface area contributed by atoms with Crippen molar-refractivity contribution < 1.29 is 33.8 Å². The normalized spacial score (nSPS) is 29.3. The molecular weight excluding hydrogens is 622 g/mol. The van der Waals surface area contributed by atoms with E-state index in [2.05, 4.69) is 5.32 Å². The summed E-state index contributed by atoms with van der Waals surface area (Å²) in [7, 11) is 0. The summed E-state index contributed by atoms with van der Waals surface area (Å²) in [5.41, 5.74) is 0.0899. The van der Waals surface area contributed by atoms with Gasteiger partial charge in [-0.2, -0.15) is 0 Å². The smallest absolute Gasteiger partial charge is 0.306 e. The number of likely N-dealkylation sites (tertiary alicyclic amines) is 1. The molecule has 0 radical (unpaired) electrons. The van der Waals surface area contributed by atoms with Crippen LogP contribution in [0.3, 0.4) is 0 Å². The van der Waals surface area contributed by atoms with Crippen molar-refractivity contribution in [3.63, 3.8) is 0 Å². The number of carbonyl (C=O) groups excluding carboxylic acids is 4. The number of rotatable bonds is 7. The van der Waals surface area contributed by atoms with E-state index in [1.165, 1.54) is 0 Å². The number of nitrogens with zero attached hydrogens (tertiary/aromatic N) is 2. The molecule has 4 aliphatic rings. The second kappa shape index (κ2) is 14.0. The lowest BCUT2D eigenvalue weighted by Crippen LogP contribution is -2.56. The molecule has 0 saturated carbocycles. The number of aliphatic hydroxyl groups is 1. The molecule has 4 aliphatic heterocycles. The van der Waals surface area contributed by atoms with Gasteiger partial charge in [-0.3, -0.25) is 19.2 Å². The fourth-order valence-corrected chi connectivity index (χ4v) is 7.80. The Bertz CT molecular complexity index is 1790. The molecular formula is C39H41N3O7. The lowest BCUT2D eigenvalue weighted by Gasteiger charge is -2.36. The van der Waals surface area contributed by atoms with Crippen molar-refractivity contribution in [1.29, 1.82) is 0 Å². The average Bonchev–Trinajstić information content (AvgIpc) is 3.77. The maximum atomic E-state index is 15.0. The maximum absolute atomic E-state index is 15.0. The van der Waals surface area contributed by atoms with Gasteiger partial charge in [0.05, 0.1) is 24.0 Å². The zero-order valence-electron chi connectivity index (χ0n) is 27.3. The Morgan fingerprint density at radius 2 is 1.67 bits per heavy atom. The van der Waals surface area contributed by atoms with E-state index in [0.717, 1.165) is 16.3 Å². The number of cyclic esters (lactones) is 1. The van der Waals surface area contributed by atoms with E-state index in [1.54, 1.807) is 15.9 Å². The first-order chi connectivity index (χ1) is 23.9. The van der Waals surface area contributed by atoms with E-state index in [1.807, 2.05) is 91.0 Å². The second-order valence-corrected chi connectivity index (χ2v) is 13.2. The zero-order valence-corrected chi connectivity index (χ0v) is 27.3. The zero-order chi connectivity index (χ0) is 34.0. The maximum Gasteiger partial charge on any atom is 0.306 e. The third-order valence-electron chi connectivity index (χ3n) is 10.2. The molecule has 2 saturated heterocycles. The topological polar surface area (TPSA) is 125 Å². The van der Waals surface area contributed by atoms with Gasteiger partial charge >= 0.3 is 5.97 Å². The molecule has 7 rings (SSSR count). The van der Waals surface area contributed by atoms with Crippen LogP contribution >= 0.6 is 0 Å². The molecule has 3 aromatic carbocycles. The number of esters is 1. The van der Waals surface area contributed by atoms with Crippen LogP contribution in [0.15, 0.2) is 97.1 Å². The monoisotopic (exact) mass is 663 g/mol. The van der Waals surface area contributed by atoms with Gasteiger partial charge in [-0.05, 0) is 54.2 Å². The predicted octanol–water partition coefficient (Wildman–Crippen LogP) is 4.24. The fraction of sp³-hybridized carbons (Fsp3) is 0.385. The number of fused-ring (bicyclic) bond motifs is 3. The van der Waals surface area contributed by atoms with Crippen LogP contribution in [-0.2, 0) is 28.7 Å². The quantitative estimate of drug-likeness (QED) is 0.220. The van der Waals surface area contributed by atoms with Gasteiger partial charge in [0.1, 0.15) is 18.2 Å². The molecule has 3 aromatic rings. The van der Waals surface area contributed by atoms with Gasteiger partial charge < -0.3 is 29.7 Å². The number of nitrogens with one attached hydrogen (secondary N) is 1. The summed E-state index contributed by atoms with van der Waals surface area (Å²) < 4.78 is 12.3. The Morgan fingerprint density at radius 1 is 0.878 bits per heavy atom. The Labute approximate surface area is 285 Å². The number of unbranched alkanes of at least 4 members (excludes halogenated alkanes) is 2. The van der Waals surface area contributed by atoms with Crippen molar-refractivity contribution in [1.82, 2.24) is 10.2 Å². The highest BCUT2D eigenvalue weighted by Gasteiger charge is 2.73. The van der Waals surface area contributed by atoms with E-state index in [-0.39, 0.29) is 44.5 Å². The molecule has 6 atom stereocenters. The number of hydrogen-bond donors (Lipinski definition) is 2. The van der Waals surface area contributed by atoms with Crippen LogP contribution in [0.4, 0.5) is 5.69 Å². The highest BCUT2D eigenvalue weighted by atomic mass is 16.5. The molecule has 5 bridgehead atoms. The van der Waals surface area contributed by atoms with Crippen molar-refractivity contribution in [2.45, 2.75) is 55.9 Å². The molecule has 2 fully saturated rings. The number of amides is 3. The minimum atomic E-state index is -1.33. The first kappa shape index (κ1) is 32.7. The van der Waals surface area contributed by atoms with E-state index < -0.39 is 47.5 Å². The standard InChI is InChI=1S/C39H41N3O7/c43-23-11-3-10-22-42-35-38(47)41(29-18-17-26-12-7-8-15-28(26)24-29)21-9-2-6-16-32(44)48-25-30(27-13-4-1-5-14-27)40-36(45)33-31-19-20-39(35,49-31)34(33)37(42)46/h1-2,4-5,7-9,12-15,17-20,24,30-31,33-35,43H,3,6,10-11,16,21-23,25H2,(H,40,45)/b9-2-/t30-,31-,33+,34+,35-,39+/m0/s1. The van der Waals surface area contributed by atoms with E-state index in [0.29, 0.717) is 31.4 Å². The van der Waals surface area contributed by atoms with Crippen LogP contribution in [0.2, 0.25) is 0 Å². The van der Waals surface area contributed by atoms with Crippen molar-refractivity contribution >= 4 is 40.2 Å². The SMILES string of the molecule is O=C1CC/C=C\CN(c2ccc3ccccc3c2)C(=O)[C@@H]2N(CCCCCO)C(=O)[C@H]3[C@H](C(=O)N[C@H](c4ccccc4)CO1)[C@@H]1C=C[C@]23O1. The number of benzene rings is 3. The third-order valence-corrected chi connectivity index (χ3v) is 10.2. The van der Waals surface area contributed by atoms with E-state index >= 15 is 4.79 Å². The Kier molecular flexibility index (Phi) is 9.33. The van der Waals surface area contributed by atoms with Crippen LogP contribution in [0.5, 0.6) is 0 Å². The molecule has 0 unspecified atom stereocenters. The first-order valence-corrected chi connectivity index (χ1v) is 17.2. The van der Waals surface area contributed by atoms with Crippen molar-refractivity contribution in [2.75, 3.05) is 31.2 Å². The van der Waals surface area contributed by atoms with Gasteiger partial charge in [-0.15, -0.1) is 0 Å². The summed E-state index contributed by atoms with van der Waals surface area (Å²) in [6.45, 7) is 0.458. The van der Waals surface area contributed by atoms with Crippen molar-refractivity contribution in [3.8, 4) is 0 Å². The molecule has 1 spiro atoms. The number of ether oxygens (including phenoxy) is 2. The molecule has 49 heavy (non-hydrogen) atoms. The predicted molar refractivity (Wildman–Crippen MR) is 183 cm³/mol. The third kappa shape index (κ3) is 6.15. The van der Waals surface area contributed by atoms with Crippen LogP contribution in [0, 0.1) is 11.8 Å². The Hall–Kier alpha value is -4.80.